The number of halogens is 1. The molecule has 0 spiro atoms. The molecule has 0 aliphatic carbocycles. The zero-order valence-corrected chi connectivity index (χ0v) is 13.3. The van der Waals surface area contributed by atoms with E-state index in [-0.39, 0.29) is 5.91 Å². The van der Waals surface area contributed by atoms with E-state index < -0.39 is 0 Å². The van der Waals surface area contributed by atoms with Crippen molar-refractivity contribution in [2.75, 3.05) is 12.4 Å². The first kappa shape index (κ1) is 14.5. The molecular formula is C14H17BrN2OS. The van der Waals surface area contributed by atoms with Crippen LogP contribution in [0, 0.1) is 0 Å². The van der Waals surface area contributed by atoms with Gasteiger partial charge in [0.25, 0.3) is 0 Å². The minimum absolute atomic E-state index is 0.195. The van der Waals surface area contributed by atoms with Crippen molar-refractivity contribution in [2.45, 2.75) is 25.8 Å². The molecule has 0 fully saturated rings. The van der Waals surface area contributed by atoms with Gasteiger partial charge in [-0.25, -0.2) is 4.98 Å². The number of hydrogen-bond donors (Lipinski definition) is 0. The largest absolute Gasteiger partial charge is 0.339 e. The maximum absolute atomic E-state index is 11.9. The van der Waals surface area contributed by atoms with Gasteiger partial charge in [-0.1, -0.05) is 28.1 Å². The molecule has 0 saturated heterocycles. The van der Waals surface area contributed by atoms with Crippen LogP contribution in [0.25, 0.3) is 10.2 Å². The number of carbonyl (C=O) groups excluding carboxylic acids is 1. The summed E-state index contributed by atoms with van der Waals surface area (Å²) in [5.41, 5.74) is 1.02. The fourth-order valence-corrected chi connectivity index (χ4v) is 3.26. The second kappa shape index (κ2) is 7.01. The summed E-state index contributed by atoms with van der Waals surface area (Å²) in [5, 5.41) is 1.96. The third-order valence-corrected chi connectivity index (χ3v) is 4.49. The van der Waals surface area contributed by atoms with E-state index in [0.717, 1.165) is 28.7 Å². The Morgan fingerprint density at radius 2 is 2.16 bits per heavy atom. The van der Waals surface area contributed by atoms with Gasteiger partial charge < -0.3 is 4.90 Å². The first-order valence-electron chi connectivity index (χ1n) is 6.35. The molecule has 102 valence electrons. The van der Waals surface area contributed by atoms with Crippen LogP contribution in [0.1, 0.15) is 24.3 Å². The topological polar surface area (TPSA) is 33.2 Å². The summed E-state index contributed by atoms with van der Waals surface area (Å²) in [6.45, 7) is 0.604. The summed E-state index contributed by atoms with van der Waals surface area (Å²) < 4.78 is 1.18. The lowest BCUT2D eigenvalue weighted by atomic mass is 10.2. The number of amides is 1. The van der Waals surface area contributed by atoms with Crippen LogP contribution in [0.2, 0.25) is 0 Å². The van der Waals surface area contributed by atoms with Gasteiger partial charge in [-0.05, 0) is 25.0 Å². The Labute approximate surface area is 125 Å². The van der Waals surface area contributed by atoms with Gasteiger partial charge in [0.1, 0.15) is 5.01 Å². The highest BCUT2D eigenvalue weighted by Gasteiger charge is 2.11. The number of para-hydroxylation sites is 1. The summed E-state index contributed by atoms with van der Waals surface area (Å²) >= 11 is 5.04. The molecule has 0 radical (unpaired) electrons. The minimum Gasteiger partial charge on any atom is -0.339 e. The van der Waals surface area contributed by atoms with Gasteiger partial charge in [0.2, 0.25) is 5.91 Å². The molecule has 1 heterocycles. The molecule has 1 amide bonds. The maximum atomic E-state index is 11.9. The summed E-state index contributed by atoms with van der Waals surface area (Å²) in [4.78, 5) is 18.2. The van der Waals surface area contributed by atoms with E-state index in [1.54, 1.807) is 16.2 Å². The third kappa shape index (κ3) is 4.01. The average Bonchev–Trinajstić information content (AvgIpc) is 2.80. The van der Waals surface area contributed by atoms with Crippen LogP contribution in [0.4, 0.5) is 0 Å². The average molecular weight is 341 g/mol. The van der Waals surface area contributed by atoms with Crippen LogP contribution >= 0.6 is 27.3 Å². The second-order valence-corrected chi connectivity index (χ2v) is 6.38. The molecular weight excluding hydrogens is 324 g/mol. The molecule has 0 unspecified atom stereocenters. The molecule has 0 saturated carbocycles. The highest BCUT2D eigenvalue weighted by molar-refractivity contribution is 9.09. The van der Waals surface area contributed by atoms with Gasteiger partial charge >= 0.3 is 0 Å². The van der Waals surface area contributed by atoms with Crippen LogP contribution in [0.5, 0.6) is 0 Å². The zero-order chi connectivity index (χ0) is 13.7. The highest BCUT2D eigenvalue weighted by atomic mass is 79.9. The lowest BCUT2D eigenvalue weighted by molar-refractivity contribution is -0.130. The number of alkyl halides is 1. The number of aromatic nitrogens is 1. The molecule has 5 heteroatoms. The summed E-state index contributed by atoms with van der Waals surface area (Å²) in [7, 11) is 1.85. The van der Waals surface area contributed by atoms with Gasteiger partial charge in [-0.15, -0.1) is 11.3 Å². The highest BCUT2D eigenvalue weighted by Crippen LogP contribution is 2.22. The van der Waals surface area contributed by atoms with E-state index in [0.29, 0.717) is 13.0 Å². The van der Waals surface area contributed by atoms with Gasteiger partial charge in [-0.3, -0.25) is 4.79 Å². The second-order valence-electron chi connectivity index (χ2n) is 4.47. The predicted octanol–water partition coefficient (Wildman–Crippen LogP) is 3.82. The summed E-state index contributed by atoms with van der Waals surface area (Å²) in [6, 6.07) is 8.07. The molecule has 1 aromatic carbocycles. The zero-order valence-electron chi connectivity index (χ0n) is 10.9. The van der Waals surface area contributed by atoms with Crippen molar-refractivity contribution in [2.24, 2.45) is 0 Å². The Morgan fingerprint density at radius 1 is 1.37 bits per heavy atom. The summed E-state index contributed by atoms with van der Waals surface area (Å²) in [6.07, 6.45) is 2.60. The van der Waals surface area contributed by atoms with E-state index in [2.05, 4.69) is 27.0 Å². The number of rotatable bonds is 6. The lowest BCUT2D eigenvalue weighted by Crippen LogP contribution is -2.25. The predicted molar refractivity (Wildman–Crippen MR) is 83.7 cm³/mol. The fraction of sp³-hybridized carbons (Fsp3) is 0.429. The van der Waals surface area contributed by atoms with Gasteiger partial charge in [0.15, 0.2) is 0 Å². The molecule has 0 aliphatic rings. The van der Waals surface area contributed by atoms with Gasteiger partial charge in [-0.2, -0.15) is 0 Å². The van der Waals surface area contributed by atoms with Crippen LogP contribution in [0.3, 0.4) is 0 Å². The van der Waals surface area contributed by atoms with Crippen molar-refractivity contribution in [1.82, 2.24) is 9.88 Å². The first-order valence-corrected chi connectivity index (χ1v) is 8.29. The van der Waals surface area contributed by atoms with Crippen LogP contribution in [0.15, 0.2) is 24.3 Å². The molecule has 0 atom stereocenters. The minimum atomic E-state index is 0.195. The van der Waals surface area contributed by atoms with Crippen molar-refractivity contribution in [3.8, 4) is 0 Å². The monoisotopic (exact) mass is 340 g/mol. The van der Waals surface area contributed by atoms with Crippen molar-refractivity contribution in [1.29, 1.82) is 0 Å². The molecule has 0 aliphatic heterocycles. The Bertz CT molecular complexity index is 522. The maximum Gasteiger partial charge on any atom is 0.222 e. The van der Waals surface area contributed by atoms with E-state index in [1.165, 1.54) is 4.70 Å². The molecule has 19 heavy (non-hydrogen) atoms. The number of carbonyl (C=O) groups is 1. The molecule has 0 bridgehead atoms. The van der Waals surface area contributed by atoms with E-state index in [9.17, 15) is 4.79 Å². The van der Waals surface area contributed by atoms with Crippen LogP contribution < -0.4 is 0 Å². The fourth-order valence-electron chi connectivity index (χ4n) is 1.84. The van der Waals surface area contributed by atoms with Crippen LogP contribution in [-0.2, 0) is 11.3 Å². The smallest absolute Gasteiger partial charge is 0.222 e. The summed E-state index contributed by atoms with van der Waals surface area (Å²) in [5.74, 6) is 0.195. The van der Waals surface area contributed by atoms with Crippen molar-refractivity contribution in [3.63, 3.8) is 0 Å². The number of unbranched alkanes of at least 4 members (excludes halogenated alkanes) is 1. The van der Waals surface area contributed by atoms with Gasteiger partial charge in [0, 0.05) is 18.8 Å². The van der Waals surface area contributed by atoms with Crippen molar-refractivity contribution >= 4 is 43.4 Å². The van der Waals surface area contributed by atoms with E-state index in [1.807, 2.05) is 25.2 Å². The number of hydrogen-bond acceptors (Lipinski definition) is 3. The lowest BCUT2D eigenvalue weighted by Gasteiger charge is -2.15. The number of nitrogens with zero attached hydrogens (tertiary/aromatic N) is 2. The van der Waals surface area contributed by atoms with E-state index >= 15 is 0 Å². The van der Waals surface area contributed by atoms with E-state index in [4.69, 9.17) is 0 Å². The van der Waals surface area contributed by atoms with Crippen LogP contribution in [-0.4, -0.2) is 28.2 Å². The Hall–Kier alpha value is -0.940. The molecule has 0 N–H and O–H groups in total. The SMILES string of the molecule is CN(Cc1nc2ccccc2s1)C(=O)CCCCBr. The quantitative estimate of drug-likeness (QED) is 0.591. The third-order valence-electron chi connectivity index (χ3n) is 2.91. The normalized spacial score (nSPS) is 10.8. The Morgan fingerprint density at radius 3 is 2.89 bits per heavy atom. The van der Waals surface area contributed by atoms with Crippen molar-refractivity contribution < 1.29 is 4.79 Å². The number of thiazole rings is 1. The Balaban J connectivity index is 1.94. The Kier molecular flexibility index (Phi) is 5.34. The van der Waals surface area contributed by atoms with Crippen molar-refractivity contribution in [3.05, 3.63) is 29.3 Å². The molecule has 2 rings (SSSR count). The number of fused-ring (bicyclic) bond motifs is 1. The first-order chi connectivity index (χ1) is 9.20. The number of benzene rings is 1. The van der Waals surface area contributed by atoms with Gasteiger partial charge in [0.05, 0.1) is 16.8 Å². The molecule has 3 nitrogen and oxygen atoms in total. The molecule has 1 aromatic heterocycles. The standard InChI is InChI=1S/C14H17BrN2OS/c1-17(14(18)8-4-5-9-15)10-13-16-11-6-2-3-7-12(11)19-13/h2-3,6-7H,4-5,8-10H2,1H3. The molecule has 2 aromatic rings.